The quantitative estimate of drug-likeness (QED) is 0.229. The molecule has 2 fully saturated rings. The summed E-state index contributed by atoms with van der Waals surface area (Å²) in [6, 6.07) is -1.61. The number of nitrogens with one attached hydrogen (secondary N) is 3. The van der Waals surface area contributed by atoms with Gasteiger partial charge >= 0.3 is 0 Å². The summed E-state index contributed by atoms with van der Waals surface area (Å²) in [5.41, 5.74) is -0.506. The maximum absolute atomic E-state index is 13.5. The third-order valence-electron chi connectivity index (χ3n) is 7.10. The maximum Gasteiger partial charge on any atom is 0.289 e. The highest BCUT2D eigenvalue weighted by molar-refractivity contribution is 6.38. The first-order valence-corrected chi connectivity index (χ1v) is 12.6. The number of amides is 4. The zero-order valence-electron chi connectivity index (χ0n) is 21.3. The van der Waals surface area contributed by atoms with Crippen molar-refractivity contribution in [3.63, 3.8) is 0 Å². The Kier molecular flexibility index (Phi) is 10.1. The zero-order chi connectivity index (χ0) is 25.5. The molecule has 0 aromatic rings. The molecule has 2 saturated carbocycles. The second-order valence-corrected chi connectivity index (χ2v) is 10.7. The second kappa shape index (κ2) is 12.3. The topological polar surface area (TPSA) is 125 Å². The lowest BCUT2D eigenvalue weighted by Gasteiger charge is -2.36. The standard InChI is InChI=1S/C25H42N4O5/c1-6-16(3)13-29(24(34)22(26-15-30)25(4,5)7-2)14-20(31)28-19(12-17-8-9-17)21(32)23(33)27-18-10-11-18/h15-19,22H,6-14H2,1-5H3,(H,26,30)(H,27,33)(H,28,31)/t16-,19?,22-/m1/s1. The lowest BCUT2D eigenvalue weighted by molar-refractivity contribution is -0.143. The van der Waals surface area contributed by atoms with E-state index in [4.69, 9.17) is 0 Å². The fourth-order valence-corrected chi connectivity index (χ4v) is 3.80. The molecule has 1 unspecified atom stereocenters. The molecule has 0 heterocycles. The van der Waals surface area contributed by atoms with Gasteiger partial charge in [-0.3, -0.25) is 24.0 Å². The number of Topliss-reactive ketones (excluding diaryl/α,β-unsaturated/α-hetero) is 1. The summed E-state index contributed by atoms with van der Waals surface area (Å²) < 4.78 is 0. The molecule has 9 nitrogen and oxygen atoms in total. The van der Waals surface area contributed by atoms with Crippen molar-refractivity contribution in [2.75, 3.05) is 13.1 Å². The normalized spacial score (nSPS) is 18.3. The minimum Gasteiger partial charge on any atom is -0.347 e. The highest BCUT2D eigenvalue weighted by Crippen LogP contribution is 2.34. The molecule has 2 aliphatic carbocycles. The van der Waals surface area contributed by atoms with E-state index in [9.17, 15) is 24.0 Å². The summed E-state index contributed by atoms with van der Waals surface area (Å²) in [6.45, 7) is 9.86. The van der Waals surface area contributed by atoms with Crippen LogP contribution in [0.3, 0.4) is 0 Å². The Bertz CT molecular complexity index is 760. The molecule has 192 valence electrons. The van der Waals surface area contributed by atoms with Crippen LogP contribution in [0.15, 0.2) is 0 Å². The summed E-state index contributed by atoms with van der Waals surface area (Å²) >= 11 is 0. The number of nitrogens with zero attached hydrogens (tertiary/aromatic N) is 1. The average molecular weight is 479 g/mol. The van der Waals surface area contributed by atoms with Gasteiger partial charge in [0.05, 0.1) is 12.6 Å². The molecular formula is C25H42N4O5. The molecule has 9 heteroatoms. The lowest BCUT2D eigenvalue weighted by atomic mass is 9.81. The van der Waals surface area contributed by atoms with Crippen molar-refractivity contribution < 1.29 is 24.0 Å². The average Bonchev–Trinajstić information content (AvgIpc) is 3.72. The van der Waals surface area contributed by atoms with E-state index in [0.29, 0.717) is 31.7 Å². The van der Waals surface area contributed by atoms with Crippen molar-refractivity contribution >= 4 is 29.9 Å². The molecule has 0 radical (unpaired) electrons. The molecule has 4 amide bonds. The van der Waals surface area contributed by atoms with Gasteiger partial charge in [-0.25, -0.2) is 0 Å². The summed E-state index contributed by atoms with van der Waals surface area (Å²) in [6.07, 6.45) is 6.12. The molecule has 2 rings (SSSR count). The van der Waals surface area contributed by atoms with Gasteiger partial charge in [0.2, 0.25) is 24.0 Å². The molecule has 2 aliphatic rings. The molecule has 3 atom stereocenters. The van der Waals surface area contributed by atoms with Crippen LogP contribution in [0.4, 0.5) is 0 Å². The largest absolute Gasteiger partial charge is 0.347 e. The monoisotopic (exact) mass is 478 g/mol. The van der Waals surface area contributed by atoms with Crippen LogP contribution in [0.25, 0.3) is 0 Å². The van der Waals surface area contributed by atoms with Gasteiger partial charge in [-0.15, -0.1) is 0 Å². The fraction of sp³-hybridized carbons (Fsp3) is 0.800. The molecule has 34 heavy (non-hydrogen) atoms. The minimum atomic E-state index is -0.893. The van der Waals surface area contributed by atoms with E-state index >= 15 is 0 Å². The Labute approximate surface area is 203 Å². The summed E-state index contributed by atoms with van der Waals surface area (Å²) in [4.78, 5) is 64.3. The van der Waals surface area contributed by atoms with Gasteiger partial charge in [-0.2, -0.15) is 0 Å². The van der Waals surface area contributed by atoms with Crippen LogP contribution in [0.5, 0.6) is 0 Å². The van der Waals surface area contributed by atoms with E-state index in [0.717, 1.165) is 32.1 Å². The summed E-state index contributed by atoms with van der Waals surface area (Å²) in [5.74, 6) is -1.61. The predicted molar refractivity (Wildman–Crippen MR) is 129 cm³/mol. The zero-order valence-corrected chi connectivity index (χ0v) is 21.3. The summed E-state index contributed by atoms with van der Waals surface area (Å²) in [5, 5.41) is 8.07. The molecule has 0 spiro atoms. The van der Waals surface area contributed by atoms with Crippen molar-refractivity contribution in [1.82, 2.24) is 20.9 Å². The van der Waals surface area contributed by atoms with Gasteiger partial charge in [0.25, 0.3) is 5.91 Å². The number of hydrogen-bond acceptors (Lipinski definition) is 5. The number of ketones is 1. The highest BCUT2D eigenvalue weighted by Gasteiger charge is 2.39. The molecule has 0 bridgehead atoms. The van der Waals surface area contributed by atoms with Crippen LogP contribution >= 0.6 is 0 Å². The molecule has 0 aromatic carbocycles. The first kappa shape index (κ1) is 27.8. The Morgan fingerprint density at radius 3 is 2.24 bits per heavy atom. The molecule has 0 aromatic heterocycles. The van der Waals surface area contributed by atoms with Crippen molar-refractivity contribution in [3.05, 3.63) is 0 Å². The molecular weight excluding hydrogens is 436 g/mol. The van der Waals surface area contributed by atoms with Crippen LogP contribution in [0.1, 0.15) is 79.6 Å². The van der Waals surface area contributed by atoms with E-state index in [1.807, 2.05) is 34.6 Å². The van der Waals surface area contributed by atoms with Crippen LogP contribution in [0.2, 0.25) is 0 Å². The van der Waals surface area contributed by atoms with Crippen LogP contribution < -0.4 is 16.0 Å². The lowest BCUT2D eigenvalue weighted by Crippen LogP contribution is -2.57. The number of rotatable bonds is 16. The minimum absolute atomic E-state index is 0.0570. The van der Waals surface area contributed by atoms with E-state index in [-0.39, 0.29) is 24.4 Å². The molecule has 0 saturated heterocycles. The first-order valence-electron chi connectivity index (χ1n) is 12.6. The Hall–Kier alpha value is -2.45. The van der Waals surface area contributed by atoms with Crippen molar-refractivity contribution in [2.45, 2.75) is 97.7 Å². The van der Waals surface area contributed by atoms with E-state index in [1.54, 1.807) is 0 Å². The number of carbonyl (C=O) groups excluding carboxylic acids is 5. The molecule has 3 N–H and O–H groups in total. The van der Waals surface area contributed by atoms with Gasteiger partial charge in [0.1, 0.15) is 6.04 Å². The summed E-state index contributed by atoms with van der Waals surface area (Å²) in [7, 11) is 0. The van der Waals surface area contributed by atoms with Gasteiger partial charge < -0.3 is 20.9 Å². The van der Waals surface area contributed by atoms with Gasteiger partial charge in [-0.1, -0.05) is 53.9 Å². The smallest absolute Gasteiger partial charge is 0.289 e. The van der Waals surface area contributed by atoms with Crippen LogP contribution in [0, 0.1) is 17.3 Å². The first-order chi connectivity index (χ1) is 16.0. The second-order valence-electron chi connectivity index (χ2n) is 10.7. The Morgan fingerprint density at radius 2 is 1.74 bits per heavy atom. The Balaban J connectivity index is 2.13. The van der Waals surface area contributed by atoms with E-state index in [1.165, 1.54) is 4.90 Å². The van der Waals surface area contributed by atoms with Crippen LogP contribution in [-0.2, 0) is 24.0 Å². The van der Waals surface area contributed by atoms with Gasteiger partial charge in [0.15, 0.2) is 0 Å². The molecule has 0 aliphatic heterocycles. The Morgan fingerprint density at radius 1 is 1.09 bits per heavy atom. The highest BCUT2D eigenvalue weighted by atomic mass is 16.2. The third kappa shape index (κ3) is 8.40. The fourth-order valence-electron chi connectivity index (χ4n) is 3.80. The van der Waals surface area contributed by atoms with E-state index < -0.39 is 35.1 Å². The SMILES string of the molecule is CC[C@@H](C)CN(CC(=O)NC(CC1CC1)C(=O)C(=O)NC1CC1)C(=O)[C@@H](NC=O)C(C)(C)CC. The predicted octanol–water partition coefficient (Wildman–Crippen LogP) is 1.54. The van der Waals surface area contributed by atoms with Crippen molar-refractivity contribution in [2.24, 2.45) is 17.3 Å². The maximum atomic E-state index is 13.5. The number of carbonyl (C=O) groups is 5. The van der Waals surface area contributed by atoms with Crippen LogP contribution in [-0.4, -0.2) is 66.0 Å². The van der Waals surface area contributed by atoms with E-state index in [2.05, 4.69) is 16.0 Å². The van der Waals surface area contributed by atoms with Crippen molar-refractivity contribution in [3.8, 4) is 0 Å². The third-order valence-corrected chi connectivity index (χ3v) is 7.10. The van der Waals surface area contributed by atoms with Gasteiger partial charge in [0, 0.05) is 12.6 Å². The van der Waals surface area contributed by atoms with Crippen molar-refractivity contribution in [1.29, 1.82) is 0 Å². The van der Waals surface area contributed by atoms with Gasteiger partial charge in [-0.05, 0) is 42.9 Å². The number of hydrogen-bond donors (Lipinski definition) is 3.